The first-order valence-corrected chi connectivity index (χ1v) is 8.81. The van der Waals surface area contributed by atoms with Crippen LogP contribution in [0.5, 0.6) is 0 Å². The Bertz CT molecular complexity index is 592. The number of ether oxygens (including phenoxy) is 1. The Morgan fingerprint density at radius 3 is 2.67 bits per heavy atom. The molecule has 2 atom stereocenters. The summed E-state index contributed by atoms with van der Waals surface area (Å²) in [6.45, 7) is 3.14. The van der Waals surface area contributed by atoms with Gasteiger partial charge in [0.15, 0.2) is 0 Å². The molecule has 0 saturated carbocycles. The summed E-state index contributed by atoms with van der Waals surface area (Å²) in [7, 11) is -0.410. The van der Waals surface area contributed by atoms with Gasteiger partial charge in [0.25, 0.3) is 0 Å². The van der Waals surface area contributed by atoms with Gasteiger partial charge in [0, 0.05) is 26.7 Å². The summed E-state index contributed by atoms with van der Waals surface area (Å²) in [5.74, 6) is 0.395. The topological polar surface area (TPSA) is 49.9 Å². The van der Waals surface area contributed by atoms with Crippen LogP contribution in [-0.2, 0) is 14.8 Å². The number of nitrogens with zero attached hydrogens (tertiary/aromatic N) is 2. The minimum Gasteiger partial charge on any atom is -0.373 e. The zero-order valence-electron chi connectivity index (χ0n) is 12.5. The Morgan fingerprint density at radius 2 is 2.05 bits per heavy atom. The van der Waals surface area contributed by atoms with E-state index in [1.165, 1.54) is 18.4 Å². The van der Waals surface area contributed by atoms with E-state index in [-0.39, 0.29) is 12.1 Å². The Labute approximate surface area is 131 Å². The van der Waals surface area contributed by atoms with Gasteiger partial charge in [0.1, 0.15) is 4.90 Å². The van der Waals surface area contributed by atoms with E-state index < -0.39 is 10.0 Å². The minimum atomic E-state index is -3.49. The van der Waals surface area contributed by atoms with Gasteiger partial charge in [-0.2, -0.15) is 0 Å². The van der Waals surface area contributed by atoms with Crippen LogP contribution in [0.25, 0.3) is 0 Å². The summed E-state index contributed by atoms with van der Waals surface area (Å²) in [6, 6.07) is 7.17. The number of rotatable bonds is 4. The number of sulfonamides is 1. The van der Waals surface area contributed by atoms with Crippen LogP contribution < -0.4 is 4.90 Å². The molecule has 21 heavy (non-hydrogen) atoms. The third-order valence-corrected chi connectivity index (χ3v) is 5.82. The summed E-state index contributed by atoms with van der Waals surface area (Å²) in [6.07, 6.45) is -0.0852. The van der Waals surface area contributed by atoms with E-state index in [0.29, 0.717) is 29.6 Å². The van der Waals surface area contributed by atoms with Crippen LogP contribution in [0.1, 0.15) is 6.92 Å². The molecule has 118 valence electrons. The van der Waals surface area contributed by atoms with Gasteiger partial charge < -0.3 is 9.64 Å². The molecule has 0 amide bonds. The molecule has 1 heterocycles. The fourth-order valence-corrected chi connectivity index (χ4v) is 3.64. The van der Waals surface area contributed by atoms with Crippen LogP contribution in [0.2, 0.25) is 0 Å². The van der Waals surface area contributed by atoms with Gasteiger partial charge in [-0.3, -0.25) is 0 Å². The standard InChI is InChI=1S/C14H21ClN2O3S/c1-11-10-20-12(8-15)9-17(11)13-6-4-5-7-14(13)21(18,19)16(2)3/h4-7,11-12H,8-10H2,1-3H3. The van der Waals surface area contributed by atoms with Gasteiger partial charge >= 0.3 is 0 Å². The normalized spacial score (nSPS) is 23.6. The van der Waals surface area contributed by atoms with E-state index in [1.807, 2.05) is 19.1 Å². The Kier molecular flexibility index (Phi) is 5.14. The van der Waals surface area contributed by atoms with Crippen LogP contribution in [-0.4, -0.2) is 58.0 Å². The maximum Gasteiger partial charge on any atom is 0.244 e. The quantitative estimate of drug-likeness (QED) is 0.788. The molecular formula is C14H21ClN2O3S. The SMILES string of the molecule is CC1COC(CCl)CN1c1ccccc1S(=O)(=O)N(C)C. The maximum absolute atomic E-state index is 12.5. The molecule has 5 nitrogen and oxygen atoms in total. The van der Waals surface area contributed by atoms with E-state index in [0.717, 1.165) is 0 Å². The molecule has 2 unspecified atom stereocenters. The Balaban J connectivity index is 2.44. The lowest BCUT2D eigenvalue weighted by Crippen LogP contribution is -2.49. The molecule has 0 radical (unpaired) electrons. The molecule has 1 saturated heterocycles. The van der Waals surface area contributed by atoms with Crippen molar-refractivity contribution >= 4 is 27.3 Å². The molecule has 1 aliphatic heterocycles. The average Bonchev–Trinajstić information content (AvgIpc) is 2.47. The Hall–Kier alpha value is -0.820. The highest BCUT2D eigenvalue weighted by molar-refractivity contribution is 7.89. The number of benzene rings is 1. The van der Waals surface area contributed by atoms with Crippen molar-refractivity contribution in [2.24, 2.45) is 0 Å². The highest BCUT2D eigenvalue weighted by atomic mass is 35.5. The molecule has 1 aromatic carbocycles. The van der Waals surface area contributed by atoms with Gasteiger partial charge in [0.05, 0.1) is 24.3 Å². The van der Waals surface area contributed by atoms with Crippen LogP contribution in [0.4, 0.5) is 5.69 Å². The number of hydrogen-bond acceptors (Lipinski definition) is 4. The van der Waals surface area contributed by atoms with E-state index in [1.54, 1.807) is 12.1 Å². The second-order valence-electron chi connectivity index (χ2n) is 5.37. The number of anilines is 1. The van der Waals surface area contributed by atoms with Gasteiger partial charge in [-0.05, 0) is 19.1 Å². The maximum atomic E-state index is 12.5. The average molecular weight is 333 g/mol. The molecule has 7 heteroatoms. The highest BCUT2D eigenvalue weighted by Crippen LogP contribution is 2.30. The smallest absolute Gasteiger partial charge is 0.244 e. The molecule has 1 aliphatic rings. The first-order chi connectivity index (χ1) is 9.87. The largest absolute Gasteiger partial charge is 0.373 e. The second-order valence-corrected chi connectivity index (χ2v) is 7.80. The highest BCUT2D eigenvalue weighted by Gasteiger charge is 2.30. The van der Waals surface area contributed by atoms with Crippen LogP contribution >= 0.6 is 11.6 Å². The summed E-state index contributed by atoms with van der Waals surface area (Å²) < 4.78 is 31.9. The molecular weight excluding hydrogens is 312 g/mol. The third kappa shape index (κ3) is 3.34. The molecule has 0 N–H and O–H groups in total. The van der Waals surface area contributed by atoms with E-state index in [9.17, 15) is 8.42 Å². The lowest BCUT2D eigenvalue weighted by Gasteiger charge is -2.40. The molecule has 0 aliphatic carbocycles. The van der Waals surface area contributed by atoms with Crippen molar-refractivity contribution in [1.82, 2.24) is 4.31 Å². The van der Waals surface area contributed by atoms with Crippen molar-refractivity contribution in [2.45, 2.75) is 24.0 Å². The molecule has 2 rings (SSSR count). The lowest BCUT2D eigenvalue weighted by atomic mass is 10.1. The predicted octanol–water partition coefficient (Wildman–Crippen LogP) is 1.77. The van der Waals surface area contributed by atoms with Crippen LogP contribution in [0.3, 0.4) is 0 Å². The zero-order chi connectivity index (χ0) is 15.6. The third-order valence-electron chi connectivity index (χ3n) is 3.61. The van der Waals surface area contributed by atoms with E-state index >= 15 is 0 Å². The molecule has 0 aromatic heterocycles. The summed E-state index contributed by atoms with van der Waals surface area (Å²) in [4.78, 5) is 2.38. The van der Waals surface area contributed by atoms with Gasteiger partial charge in [-0.15, -0.1) is 11.6 Å². The fraction of sp³-hybridized carbons (Fsp3) is 0.571. The van der Waals surface area contributed by atoms with Gasteiger partial charge in [0.2, 0.25) is 10.0 Å². The molecule has 0 bridgehead atoms. The van der Waals surface area contributed by atoms with Crippen molar-refractivity contribution in [3.63, 3.8) is 0 Å². The number of hydrogen-bond donors (Lipinski definition) is 0. The lowest BCUT2D eigenvalue weighted by molar-refractivity contribution is 0.0362. The number of halogens is 1. The zero-order valence-corrected chi connectivity index (χ0v) is 14.1. The van der Waals surface area contributed by atoms with Crippen molar-refractivity contribution in [3.8, 4) is 0 Å². The van der Waals surface area contributed by atoms with Gasteiger partial charge in [-0.1, -0.05) is 12.1 Å². The second kappa shape index (κ2) is 6.52. The van der Waals surface area contributed by atoms with Crippen LogP contribution in [0, 0.1) is 0 Å². The van der Waals surface area contributed by atoms with Crippen LogP contribution in [0.15, 0.2) is 29.2 Å². The van der Waals surface area contributed by atoms with Gasteiger partial charge in [-0.25, -0.2) is 12.7 Å². The number of alkyl halides is 1. The minimum absolute atomic E-state index is 0.0852. The first kappa shape index (κ1) is 16.5. The summed E-state index contributed by atoms with van der Waals surface area (Å²) in [5.41, 5.74) is 0.706. The molecule has 0 spiro atoms. The van der Waals surface area contributed by atoms with E-state index in [2.05, 4.69) is 4.90 Å². The predicted molar refractivity (Wildman–Crippen MR) is 84.6 cm³/mol. The van der Waals surface area contributed by atoms with Crippen molar-refractivity contribution in [1.29, 1.82) is 0 Å². The first-order valence-electron chi connectivity index (χ1n) is 6.83. The summed E-state index contributed by atoms with van der Waals surface area (Å²) in [5, 5.41) is 0. The van der Waals surface area contributed by atoms with Crippen molar-refractivity contribution in [2.75, 3.05) is 38.0 Å². The number of para-hydroxylation sites is 1. The summed E-state index contributed by atoms with van der Waals surface area (Å²) >= 11 is 5.88. The van der Waals surface area contributed by atoms with E-state index in [4.69, 9.17) is 16.3 Å². The van der Waals surface area contributed by atoms with Crippen molar-refractivity contribution in [3.05, 3.63) is 24.3 Å². The Morgan fingerprint density at radius 1 is 1.38 bits per heavy atom. The molecule has 1 fully saturated rings. The fourth-order valence-electron chi connectivity index (χ4n) is 2.36. The monoisotopic (exact) mass is 332 g/mol. The molecule has 1 aromatic rings. The van der Waals surface area contributed by atoms with Crippen molar-refractivity contribution < 1.29 is 13.2 Å². The number of morpholine rings is 1.